The second kappa shape index (κ2) is 5.38. The molecule has 11 heavy (non-hydrogen) atoms. The van der Waals surface area contributed by atoms with E-state index in [9.17, 15) is 4.57 Å². The largest absolute Gasteiger partial charge is 0.322 e. The zero-order valence-corrected chi connectivity index (χ0v) is 8.23. The molecule has 0 spiro atoms. The monoisotopic (exact) mass is 173 g/mol. The summed E-state index contributed by atoms with van der Waals surface area (Å²) in [5, 5.41) is 8.43. The van der Waals surface area contributed by atoms with Gasteiger partial charge in [0, 0.05) is 12.3 Å². The van der Waals surface area contributed by atoms with Gasteiger partial charge in [-0.3, -0.25) is 0 Å². The van der Waals surface area contributed by atoms with Crippen LogP contribution in [0.1, 0.15) is 26.7 Å². The van der Waals surface area contributed by atoms with Crippen LogP contribution in [0.4, 0.5) is 0 Å². The Labute approximate surface area is 69.0 Å². The summed E-state index contributed by atoms with van der Waals surface area (Å²) in [5.41, 5.74) is 0. The summed E-state index contributed by atoms with van der Waals surface area (Å²) in [6.07, 6.45) is 3.62. The first-order chi connectivity index (χ1) is 5.18. The predicted octanol–water partition coefficient (Wildman–Crippen LogP) is 2.69. The van der Waals surface area contributed by atoms with Gasteiger partial charge in [-0.2, -0.15) is 5.26 Å². The highest BCUT2D eigenvalue weighted by Crippen LogP contribution is 2.45. The van der Waals surface area contributed by atoms with Gasteiger partial charge in [-0.25, -0.2) is 0 Å². The average Bonchev–Trinajstić information content (AvgIpc) is 1.88. The Hall–Kier alpha value is -0.280. The first-order valence-electron chi connectivity index (χ1n) is 4.12. The Kier molecular flexibility index (Phi) is 5.24. The van der Waals surface area contributed by atoms with Gasteiger partial charge in [-0.05, 0) is 12.8 Å². The Balaban J connectivity index is 4.04. The summed E-state index contributed by atoms with van der Waals surface area (Å²) in [6, 6.07) is 2.01. The van der Waals surface area contributed by atoms with E-state index in [-0.39, 0.29) is 6.16 Å². The maximum absolute atomic E-state index is 11.8. The van der Waals surface area contributed by atoms with Gasteiger partial charge in [0.1, 0.15) is 7.14 Å². The molecule has 0 aliphatic rings. The second-order valence-corrected chi connectivity index (χ2v) is 6.15. The van der Waals surface area contributed by atoms with Crippen LogP contribution in [0.15, 0.2) is 0 Å². The Morgan fingerprint density at radius 2 is 1.73 bits per heavy atom. The van der Waals surface area contributed by atoms with Crippen molar-refractivity contribution in [1.82, 2.24) is 0 Å². The lowest BCUT2D eigenvalue weighted by molar-refractivity contribution is 0.574. The lowest BCUT2D eigenvalue weighted by Crippen LogP contribution is -1.97. The van der Waals surface area contributed by atoms with Crippen LogP contribution >= 0.6 is 7.14 Å². The van der Waals surface area contributed by atoms with Crippen molar-refractivity contribution in [3.05, 3.63) is 0 Å². The average molecular weight is 173 g/mol. The first kappa shape index (κ1) is 10.7. The fraction of sp³-hybridized carbons (Fsp3) is 0.875. The third-order valence-electron chi connectivity index (χ3n) is 1.62. The Bertz CT molecular complexity index is 173. The SMILES string of the molecule is CCCP(=O)(CC#N)CCC. The summed E-state index contributed by atoms with van der Waals surface area (Å²) in [5.74, 6) is 0. The molecular weight excluding hydrogens is 157 g/mol. The molecule has 0 atom stereocenters. The van der Waals surface area contributed by atoms with E-state index in [1.165, 1.54) is 0 Å². The van der Waals surface area contributed by atoms with Crippen molar-refractivity contribution in [2.75, 3.05) is 18.5 Å². The molecule has 0 radical (unpaired) electrons. The van der Waals surface area contributed by atoms with E-state index in [1.807, 2.05) is 19.9 Å². The van der Waals surface area contributed by atoms with Crippen LogP contribution in [0.25, 0.3) is 0 Å². The van der Waals surface area contributed by atoms with Crippen LogP contribution in [0, 0.1) is 11.3 Å². The van der Waals surface area contributed by atoms with E-state index in [1.54, 1.807) is 0 Å². The highest BCUT2D eigenvalue weighted by atomic mass is 31.2. The van der Waals surface area contributed by atoms with Gasteiger partial charge in [0.05, 0.1) is 12.2 Å². The van der Waals surface area contributed by atoms with Gasteiger partial charge in [-0.15, -0.1) is 0 Å². The molecule has 0 N–H and O–H groups in total. The number of nitrogens with zero attached hydrogens (tertiary/aromatic N) is 1. The third kappa shape index (κ3) is 4.22. The van der Waals surface area contributed by atoms with Gasteiger partial charge in [0.15, 0.2) is 0 Å². The molecule has 0 aromatic rings. The molecule has 0 rings (SSSR count). The highest BCUT2D eigenvalue weighted by Gasteiger charge is 2.18. The molecule has 64 valence electrons. The highest BCUT2D eigenvalue weighted by molar-refractivity contribution is 7.64. The molecular formula is C8H16NOP. The maximum Gasteiger partial charge on any atom is 0.101 e. The Morgan fingerprint density at radius 3 is 2.00 bits per heavy atom. The topological polar surface area (TPSA) is 40.9 Å². The molecule has 3 heteroatoms. The standard InChI is InChI=1S/C8H16NOP/c1-3-6-11(10,7-4-2)8-5-9/h3-4,6-8H2,1-2H3. The van der Waals surface area contributed by atoms with Gasteiger partial charge < -0.3 is 4.57 Å². The molecule has 0 aromatic carbocycles. The molecule has 0 saturated heterocycles. The van der Waals surface area contributed by atoms with Crippen LogP contribution in [0.2, 0.25) is 0 Å². The van der Waals surface area contributed by atoms with E-state index < -0.39 is 7.14 Å². The van der Waals surface area contributed by atoms with Gasteiger partial charge in [0.25, 0.3) is 0 Å². The van der Waals surface area contributed by atoms with Crippen molar-refractivity contribution in [1.29, 1.82) is 5.26 Å². The van der Waals surface area contributed by atoms with Crippen molar-refractivity contribution in [3.63, 3.8) is 0 Å². The minimum atomic E-state index is -2.08. The van der Waals surface area contributed by atoms with Crippen LogP contribution < -0.4 is 0 Å². The minimum Gasteiger partial charge on any atom is -0.322 e. The summed E-state index contributed by atoms with van der Waals surface area (Å²) >= 11 is 0. The quantitative estimate of drug-likeness (QED) is 0.600. The molecule has 0 heterocycles. The van der Waals surface area contributed by atoms with Gasteiger partial charge in [0.2, 0.25) is 0 Å². The van der Waals surface area contributed by atoms with Crippen molar-refractivity contribution in [3.8, 4) is 6.07 Å². The molecule has 0 aliphatic heterocycles. The van der Waals surface area contributed by atoms with E-state index in [4.69, 9.17) is 5.26 Å². The zero-order chi connectivity index (χ0) is 8.74. The molecule has 0 aliphatic carbocycles. The number of hydrogen-bond acceptors (Lipinski definition) is 2. The van der Waals surface area contributed by atoms with Crippen LogP contribution in [-0.2, 0) is 4.57 Å². The minimum absolute atomic E-state index is 0.272. The molecule has 0 bridgehead atoms. The third-order valence-corrected chi connectivity index (χ3v) is 4.86. The van der Waals surface area contributed by atoms with Crippen molar-refractivity contribution < 1.29 is 4.57 Å². The molecule has 0 unspecified atom stereocenters. The summed E-state index contributed by atoms with van der Waals surface area (Å²) in [6.45, 7) is 4.03. The van der Waals surface area contributed by atoms with Gasteiger partial charge in [-0.1, -0.05) is 13.8 Å². The molecule has 0 amide bonds. The fourth-order valence-corrected chi connectivity index (χ4v) is 3.64. The van der Waals surface area contributed by atoms with E-state index >= 15 is 0 Å². The zero-order valence-electron chi connectivity index (χ0n) is 7.34. The van der Waals surface area contributed by atoms with Crippen molar-refractivity contribution in [2.24, 2.45) is 0 Å². The normalized spacial score (nSPS) is 11.0. The molecule has 2 nitrogen and oxygen atoms in total. The summed E-state index contributed by atoms with van der Waals surface area (Å²) < 4.78 is 11.8. The fourth-order valence-electron chi connectivity index (χ4n) is 1.21. The van der Waals surface area contributed by atoms with Crippen molar-refractivity contribution in [2.45, 2.75) is 26.7 Å². The molecule has 0 saturated carbocycles. The molecule has 0 fully saturated rings. The predicted molar refractivity (Wildman–Crippen MR) is 48.4 cm³/mol. The smallest absolute Gasteiger partial charge is 0.101 e. The first-order valence-corrected chi connectivity index (χ1v) is 6.39. The van der Waals surface area contributed by atoms with Gasteiger partial charge >= 0.3 is 0 Å². The van der Waals surface area contributed by atoms with Crippen LogP contribution in [0.5, 0.6) is 0 Å². The Morgan fingerprint density at radius 1 is 1.27 bits per heavy atom. The number of hydrogen-bond donors (Lipinski definition) is 0. The van der Waals surface area contributed by atoms with E-state index in [0.717, 1.165) is 25.2 Å². The molecule has 0 aromatic heterocycles. The van der Waals surface area contributed by atoms with E-state index in [2.05, 4.69) is 0 Å². The summed E-state index contributed by atoms with van der Waals surface area (Å²) in [4.78, 5) is 0. The second-order valence-electron chi connectivity index (χ2n) is 2.82. The summed E-state index contributed by atoms with van der Waals surface area (Å²) in [7, 11) is -2.08. The number of rotatable bonds is 5. The lowest BCUT2D eigenvalue weighted by atomic mass is 10.6. The van der Waals surface area contributed by atoms with Crippen molar-refractivity contribution >= 4 is 7.14 Å². The van der Waals surface area contributed by atoms with E-state index in [0.29, 0.717) is 0 Å². The van der Waals surface area contributed by atoms with Crippen LogP contribution in [-0.4, -0.2) is 18.5 Å². The maximum atomic E-state index is 11.8. The van der Waals surface area contributed by atoms with Crippen LogP contribution in [0.3, 0.4) is 0 Å². The lowest BCUT2D eigenvalue weighted by Gasteiger charge is -2.11. The number of nitriles is 1.